The highest BCUT2D eigenvalue weighted by Gasteiger charge is 2.16. The first-order chi connectivity index (χ1) is 17.7. The van der Waals surface area contributed by atoms with Crippen LogP contribution in [0.2, 0.25) is 0 Å². The Morgan fingerprint density at radius 2 is 1.16 bits per heavy atom. The highest BCUT2D eigenvalue weighted by Crippen LogP contribution is 2.22. The molecule has 0 aliphatic carbocycles. The van der Waals surface area contributed by atoms with Crippen LogP contribution >= 0.6 is 0 Å². The van der Waals surface area contributed by atoms with E-state index in [0.717, 1.165) is 39.2 Å². The second-order valence-corrected chi connectivity index (χ2v) is 9.38. The number of carbonyl (C=O) groups is 1. The first-order valence-corrected chi connectivity index (χ1v) is 12.3. The van der Waals surface area contributed by atoms with E-state index >= 15 is 0 Å². The van der Waals surface area contributed by atoms with Crippen molar-refractivity contribution in [3.05, 3.63) is 94.5 Å². The minimum atomic E-state index is -0.561. The standard InChI is InChI=1S/C29H33N7O/c1-18-11-19(2)14-24(13-18)32-28-34-27(31-22(5)26(37)30-17-23-9-7-6-8-10-23)35-29(36-28)33-25-15-20(3)12-21(4)16-25/h6-16,22H,17H2,1-5H3,(H,30,37)(H3,31,32,33,34,35,36). The fraction of sp³-hybridized carbons (Fsp3) is 0.241. The molecule has 190 valence electrons. The van der Waals surface area contributed by atoms with Crippen LogP contribution < -0.4 is 21.3 Å². The molecular weight excluding hydrogens is 462 g/mol. The zero-order chi connectivity index (χ0) is 26.4. The quantitative estimate of drug-likeness (QED) is 0.236. The van der Waals surface area contributed by atoms with Crippen molar-refractivity contribution < 1.29 is 4.79 Å². The van der Waals surface area contributed by atoms with Crippen molar-refractivity contribution in [2.45, 2.75) is 47.2 Å². The molecule has 1 atom stereocenters. The van der Waals surface area contributed by atoms with Crippen LogP contribution in [0, 0.1) is 27.7 Å². The van der Waals surface area contributed by atoms with Crippen molar-refractivity contribution in [3.63, 3.8) is 0 Å². The number of aryl methyl sites for hydroxylation is 4. The van der Waals surface area contributed by atoms with Crippen molar-refractivity contribution in [2.75, 3.05) is 16.0 Å². The fourth-order valence-corrected chi connectivity index (χ4v) is 4.10. The molecule has 0 spiro atoms. The predicted octanol–water partition coefficient (Wildman–Crippen LogP) is 5.71. The van der Waals surface area contributed by atoms with Gasteiger partial charge in [-0.05, 0) is 86.7 Å². The number of anilines is 5. The van der Waals surface area contributed by atoms with Crippen molar-refractivity contribution in [1.29, 1.82) is 0 Å². The molecule has 8 heteroatoms. The second-order valence-electron chi connectivity index (χ2n) is 9.38. The topological polar surface area (TPSA) is 104 Å². The first-order valence-electron chi connectivity index (χ1n) is 12.3. The van der Waals surface area contributed by atoms with E-state index in [0.29, 0.717) is 18.4 Å². The van der Waals surface area contributed by atoms with Crippen LogP contribution in [-0.2, 0) is 11.3 Å². The molecule has 3 aromatic carbocycles. The fourth-order valence-electron chi connectivity index (χ4n) is 4.10. The van der Waals surface area contributed by atoms with Gasteiger partial charge in [-0.3, -0.25) is 4.79 Å². The molecule has 1 amide bonds. The van der Waals surface area contributed by atoms with Gasteiger partial charge < -0.3 is 21.3 Å². The van der Waals surface area contributed by atoms with Crippen LogP contribution in [0.4, 0.5) is 29.2 Å². The van der Waals surface area contributed by atoms with Crippen LogP contribution in [0.15, 0.2) is 66.7 Å². The SMILES string of the molecule is Cc1cc(C)cc(Nc2nc(Nc3cc(C)cc(C)c3)nc(NC(C)C(=O)NCc3ccccc3)n2)c1. The largest absolute Gasteiger partial charge is 0.350 e. The number of benzene rings is 3. The van der Waals surface area contributed by atoms with E-state index in [1.165, 1.54) is 0 Å². The Morgan fingerprint density at radius 1 is 0.703 bits per heavy atom. The maximum atomic E-state index is 12.7. The summed E-state index contributed by atoms with van der Waals surface area (Å²) in [6.07, 6.45) is 0. The van der Waals surface area contributed by atoms with Crippen LogP contribution in [0.3, 0.4) is 0 Å². The van der Waals surface area contributed by atoms with E-state index in [-0.39, 0.29) is 11.9 Å². The third kappa shape index (κ3) is 7.51. The lowest BCUT2D eigenvalue weighted by atomic mass is 10.1. The number of aromatic nitrogens is 3. The smallest absolute Gasteiger partial charge is 0.242 e. The molecular formula is C29H33N7O. The lowest BCUT2D eigenvalue weighted by molar-refractivity contribution is -0.121. The molecule has 0 saturated heterocycles. The van der Waals surface area contributed by atoms with E-state index in [2.05, 4.69) is 48.4 Å². The normalized spacial score (nSPS) is 11.5. The average molecular weight is 496 g/mol. The third-order valence-corrected chi connectivity index (χ3v) is 5.64. The van der Waals surface area contributed by atoms with Gasteiger partial charge in [0.05, 0.1) is 0 Å². The third-order valence-electron chi connectivity index (χ3n) is 5.64. The number of carbonyl (C=O) groups excluding carboxylic acids is 1. The molecule has 4 aromatic rings. The van der Waals surface area contributed by atoms with Crippen molar-refractivity contribution in [1.82, 2.24) is 20.3 Å². The summed E-state index contributed by atoms with van der Waals surface area (Å²) in [5.41, 5.74) is 7.31. The summed E-state index contributed by atoms with van der Waals surface area (Å²) in [6.45, 7) is 10.4. The molecule has 0 aliphatic heterocycles. The number of nitrogens with zero attached hydrogens (tertiary/aromatic N) is 3. The number of rotatable bonds is 9. The maximum Gasteiger partial charge on any atom is 0.242 e. The molecule has 4 rings (SSSR count). The van der Waals surface area contributed by atoms with Crippen molar-refractivity contribution in [2.24, 2.45) is 0 Å². The Morgan fingerprint density at radius 3 is 1.65 bits per heavy atom. The van der Waals surface area contributed by atoms with Crippen LogP contribution in [0.25, 0.3) is 0 Å². The summed E-state index contributed by atoms with van der Waals surface area (Å²) in [5.74, 6) is 0.866. The van der Waals surface area contributed by atoms with Gasteiger partial charge in [-0.2, -0.15) is 15.0 Å². The summed E-state index contributed by atoms with van der Waals surface area (Å²) in [4.78, 5) is 26.4. The molecule has 4 N–H and O–H groups in total. The van der Waals surface area contributed by atoms with Gasteiger partial charge in [-0.15, -0.1) is 0 Å². The number of hydrogen-bond acceptors (Lipinski definition) is 7. The Labute approximate surface area is 218 Å². The van der Waals surface area contributed by atoms with E-state index < -0.39 is 6.04 Å². The molecule has 0 fully saturated rings. The molecule has 1 heterocycles. The minimum Gasteiger partial charge on any atom is -0.350 e. The van der Waals surface area contributed by atoms with Crippen molar-refractivity contribution >= 4 is 35.1 Å². The van der Waals surface area contributed by atoms with Gasteiger partial charge in [0.15, 0.2) is 0 Å². The van der Waals surface area contributed by atoms with E-state index in [4.69, 9.17) is 0 Å². The maximum absolute atomic E-state index is 12.7. The average Bonchev–Trinajstić information content (AvgIpc) is 2.81. The van der Waals surface area contributed by atoms with Gasteiger partial charge in [0.25, 0.3) is 0 Å². The monoisotopic (exact) mass is 495 g/mol. The predicted molar refractivity (Wildman–Crippen MR) is 150 cm³/mol. The zero-order valence-corrected chi connectivity index (χ0v) is 21.9. The molecule has 1 unspecified atom stereocenters. The van der Waals surface area contributed by atoms with Crippen LogP contribution in [-0.4, -0.2) is 26.9 Å². The van der Waals surface area contributed by atoms with Gasteiger partial charge in [0.2, 0.25) is 23.8 Å². The van der Waals surface area contributed by atoms with Crippen LogP contribution in [0.1, 0.15) is 34.7 Å². The molecule has 0 bridgehead atoms. The lowest BCUT2D eigenvalue weighted by Crippen LogP contribution is -2.37. The summed E-state index contributed by atoms with van der Waals surface area (Å²) in [6, 6.07) is 21.6. The highest BCUT2D eigenvalue weighted by atomic mass is 16.2. The van der Waals surface area contributed by atoms with E-state index in [1.807, 2.05) is 82.3 Å². The number of nitrogens with one attached hydrogen (secondary N) is 4. The van der Waals surface area contributed by atoms with Crippen molar-refractivity contribution in [3.8, 4) is 0 Å². The molecule has 0 aliphatic rings. The van der Waals surface area contributed by atoms with Gasteiger partial charge in [-0.25, -0.2) is 0 Å². The molecule has 0 saturated carbocycles. The number of hydrogen-bond donors (Lipinski definition) is 4. The highest BCUT2D eigenvalue weighted by molar-refractivity contribution is 5.83. The Balaban J connectivity index is 1.56. The van der Waals surface area contributed by atoms with Gasteiger partial charge >= 0.3 is 0 Å². The van der Waals surface area contributed by atoms with E-state index in [9.17, 15) is 4.79 Å². The molecule has 8 nitrogen and oxygen atoms in total. The Hall–Kier alpha value is -4.46. The molecule has 1 aromatic heterocycles. The zero-order valence-electron chi connectivity index (χ0n) is 21.9. The summed E-state index contributed by atoms with van der Waals surface area (Å²) < 4.78 is 0. The Bertz CT molecular complexity index is 1280. The van der Waals surface area contributed by atoms with Gasteiger partial charge in [0.1, 0.15) is 6.04 Å². The van der Waals surface area contributed by atoms with Gasteiger partial charge in [0, 0.05) is 17.9 Å². The summed E-state index contributed by atoms with van der Waals surface area (Å²) >= 11 is 0. The molecule has 0 radical (unpaired) electrons. The summed E-state index contributed by atoms with van der Waals surface area (Å²) in [7, 11) is 0. The van der Waals surface area contributed by atoms with Gasteiger partial charge in [-0.1, -0.05) is 42.5 Å². The van der Waals surface area contributed by atoms with E-state index in [1.54, 1.807) is 6.92 Å². The van der Waals surface area contributed by atoms with Crippen LogP contribution in [0.5, 0.6) is 0 Å². The minimum absolute atomic E-state index is 0.156. The lowest BCUT2D eigenvalue weighted by Gasteiger charge is -2.16. The molecule has 37 heavy (non-hydrogen) atoms. The second kappa shape index (κ2) is 11.5. The number of amides is 1. The Kier molecular flexibility index (Phi) is 7.98. The first kappa shape index (κ1) is 25.6. The summed E-state index contributed by atoms with van der Waals surface area (Å²) in [5, 5.41) is 12.6.